The van der Waals surface area contributed by atoms with Crippen LogP contribution in [0.2, 0.25) is 0 Å². The number of esters is 1. The summed E-state index contributed by atoms with van der Waals surface area (Å²) >= 11 is 0. The number of benzene rings is 2. The van der Waals surface area contributed by atoms with Crippen LogP contribution in [0.15, 0.2) is 42.5 Å². The summed E-state index contributed by atoms with van der Waals surface area (Å²) in [7, 11) is 0. The molecule has 2 aromatic rings. The van der Waals surface area contributed by atoms with Gasteiger partial charge in [0.25, 0.3) is 5.91 Å². The number of imide groups is 1. The van der Waals surface area contributed by atoms with Crippen molar-refractivity contribution in [3.05, 3.63) is 65.2 Å². The minimum Gasteiger partial charge on any atom is -0.452 e. The first-order valence-electron chi connectivity index (χ1n) is 8.67. The number of rotatable bonds is 6. The number of hydrogen-bond donors (Lipinski definition) is 1. The number of anilines is 1. The fourth-order valence-electron chi connectivity index (χ4n) is 2.71. The first-order chi connectivity index (χ1) is 13.8. The normalized spacial score (nSPS) is 13.5. The second kappa shape index (κ2) is 8.59. The fourth-order valence-corrected chi connectivity index (χ4v) is 2.71. The molecule has 0 aromatic heterocycles. The lowest BCUT2D eigenvalue weighted by Gasteiger charge is -2.13. The molecule has 0 spiro atoms. The lowest BCUT2D eigenvalue weighted by molar-refractivity contribution is -0.139. The van der Waals surface area contributed by atoms with Crippen LogP contribution in [0.25, 0.3) is 0 Å². The van der Waals surface area contributed by atoms with Gasteiger partial charge in [-0.2, -0.15) is 0 Å². The first-order valence-corrected chi connectivity index (χ1v) is 8.67. The first kappa shape index (κ1) is 20.1. The molecule has 1 aliphatic heterocycles. The Kier molecular flexibility index (Phi) is 5.96. The quantitative estimate of drug-likeness (QED) is 0.592. The summed E-state index contributed by atoms with van der Waals surface area (Å²) in [6.07, 6.45) is 0.408. The van der Waals surface area contributed by atoms with Crippen LogP contribution in [0.3, 0.4) is 0 Å². The van der Waals surface area contributed by atoms with Gasteiger partial charge in [0.2, 0.25) is 11.8 Å². The van der Waals surface area contributed by atoms with Gasteiger partial charge in [0.15, 0.2) is 18.2 Å². The molecule has 3 rings (SSSR count). The van der Waals surface area contributed by atoms with Crippen molar-refractivity contribution in [1.82, 2.24) is 4.90 Å². The zero-order chi connectivity index (χ0) is 21.0. The molecule has 1 N–H and O–H groups in total. The van der Waals surface area contributed by atoms with E-state index in [1.54, 1.807) is 12.1 Å². The lowest BCUT2D eigenvalue weighted by atomic mass is 10.1. The van der Waals surface area contributed by atoms with Crippen molar-refractivity contribution < 1.29 is 32.7 Å². The Bertz CT molecular complexity index is 959. The number of likely N-dealkylation sites (tertiary alicyclic amines) is 1. The summed E-state index contributed by atoms with van der Waals surface area (Å²) in [5.41, 5.74) is 0.870. The van der Waals surface area contributed by atoms with E-state index in [4.69, 9.17) is 4.74 Å². The largest absolute Gasteiger partial charge is 0.452 e. The van der Waals surface area contributed by atoms with Crippen molar-refractivity contribution >= 4 is 29.4 Å². The fraction of sp³-hybridized carbons (Fsp3) is 0.200. The Morgan fingerprint density at radius 2 is 1.62 bits per heavy atom. The Morgan fingerprint density at radius 1 is 0.966 bits per heavy atom. The molecule has 0 saturated carbocycles. The van der Waals surface area contributed by atoms with E-state index in [9.17, 15) is 28.0 Å². The SMILES string of the molecule is O=C(COC(=O)c1ccc(CN2C(=O)CCC2=O)cc1)Nc1ccc(F)c(F)c1. The Balaban J connectivity index is 1.51. The number of hydrogen-bond acceptors (Lipinski definition) is 5. The third-order valence-electron chi connectivity index (χ3n) is 4.22. The molecule has 9 heteroatoms. The van der Waals surface area contributed by atoms with Crippen LogP contribution >= 0.6 is 0 Å². The maximum atomic E-state index is 13.1. The third kappa shape index (κ3) is 5.01. The molecule has 1 saturated heterocycles. The minimum atomic E-state index is -1.11. The van der Waals surface area contributed by atoms with Gasteiger partial charge in [-0.25, -0.2) is 13.6 Å². The molecular weight excluding hydrogens is 386 g/mol. The number of halogens is 2. The topological polar surface area (TPSA) is 92.8 Å². The van der Waals surface area contributed by atoms with Crippen LogP contribution in [0.5, 0.6) is 0 Å². The molecule has 150 valence electrons. The van der Waals surface area contributed by atoms with Gasteiger partial charge in [0, 0.05) is 24.6 Å². The molecule has 0 unspecified atom stereocenters. The molecule has 1 fully saturated rings. The average molecular weight is 402 g/mol. The van der Waals surface area contributed by atoms with Crippen LogP contribution in [-0.4, -0.2) is 35.2 Å². The van der Waals surface area contributed by atoms with E-state index in [2.05, 4.69) is 5.32 Å². The maximum Gasteiger partial charge on any atom is 0.338 e. The van der Waals surface area contributed by atoms with Gasteiger partial charge >= 0.3 is 5.97 Å². The smallest absolute Gasteiger partial charge is 0.338 e. The average Bonchev–Trinajstić information content (AvgIpc) is 3.01. The van der Waals surface area contributed by atoms with Gasteiger partial charge in [-0.3, -0.25) is 19.3 Å². The molecular formula is C20H16F2N2O5. The van der Waals surface area contributed by atoms with Crippen LogP contribution in [-0.2, 0) is 25.7 Å². The van der Waals surface area contributed by atoms with Crippen LogP contribution < -0.4 is 5.32 Å². The Labute approximate surface area is 164 Å². The summed E-state index contributed by atoms with van der Waals surface area (Å²) < 4.78 is 30.9. The van der Waals surface area contributed by atoms with Crippen LogP contribution in [0, 0.1) is 11.6 Å². The van der Waals surface area contributed by atoms with Gasteiger partial charge in [0.05, 0.1) is 12.1 Å². The predicted octanol–water partition coefficient (Wildman–Crippen LogP) is 2.41. The number of ether oxygens (including phenoxy) is 1. The number of carbonyl (C=O) groups is 4. The summed E-state index contributed by atoms with van der Waals surface area (Å²) in [5, 5.41) is 2.28. The molecule has 7 nitrogen and oxygen atoms in total. The summed E-state index contributed by atoms with van der Waals surface area (Å²) in [6.45, 7) is -0.486. The Hall–Kier alpha value is -3.62. The van der Waals surface area contributed by atoms with E-state index in [0.29, 0.717) is 5.56 Å². The van der Waals surface area contributed by atoms with Crippen molar-refractivity contribution in [3.63, 3.8) is 0 Å². The highest BCUT2D eigenvalue weighted by Gasteiger charge is 2.28. The van der Waals surface area contributed by atoms with E-state index < -0.39 is 30.1 Å². The highest BCUT2D eigenvalue weighted by molar-refractivity contribution is 6.01. The van der Waals surface area contributed by atoms with Crippen molar-refractivity contribution in [3.8, 4) is 0 Å². The number of nitrogens with zero attached hydrogens (tertiary/aromatic N) is 1. The van der Waals surface area contributed by atoms with Crippen molar-refractivity contribution in [2.45, 2.75) is 19.4 Å². The molecule has 0 atom stereocenters. The van der Waals surface area contributed by atoms with E-state index in [1.807, 2.05) is 0 Å². The molecule has 3 amide bonds. The number of carbonyl (C=O) groups excluding carboxylic acids is 4. The molecule has 2 aromatic carbocycles. The molecule has 29 heavy (non-hydrogen) atoms. The van der Waals surface area contributed by atoms with Crippen molar-refractivity contribution in [2.75, 3.05) is 11.9 Å². The number of nitrogens with one attached hydrogen (secondary N) is 1. The zero-order valence-corrected chi connectivity index (χ0v) is 15.1. The standard InChI is InChI=1S/C20H16F2N2O5/c21-15-6-5-14(9-16(15)22)23-17(25)11-29-20(28)13-3-1-12(2-4-13)10-24-18(26)7-8-19(24)27/h1-6,9H,7-8,10-11H2,(H,23,25). The second-order valence-electron chi connectivity index (χ2n) is 6.32. The van der Waals surface area contributed by atoms with E-state index in [-0.39, 0.29) is 42.5 Å². The van der Waals surface area contributed by atoms with E-state index >= 15 is 0 Å². The van der Waals surface area contributed by atoms with Gasteiger partial charge < -0.3 is 10.1 Å². The molecule has 1 heterocycles. The zero-order valence-electron chi connectivity index (χ0n) is 15.1. The highest BCUT2D eigenvalue weighted by Crippen LogP contribution is 2.17. The molecule has 0 radical (unpaired) electrons. The van der Waals surface area contributed by atoms with Crippen molar-refractivity contribution in [1.29, 1.82) is 0 Å². The van der Waals surface area contributed by atoms with Gasteiger partial charge in [-0.05, 0) is 29.8 Å². The maximum absolute atomic E-state index is 13.1. The summed E-state index contributed by atoms with van der Waals surface area (Å²) in [6, 6.07) is 8.91. The van der Waals surface area contributed by atoms with Gasteiger partial charge in [-0.1, -0.05) is 12.1 Å². The summed E-state index contributed by atoms with van der Waals surface area (Å²) in [5.74, 6) is -4.10. The van der Waals surface area contributed by atoms with E-state index in [1.165, 1.54) is 18.2 Å². The van der Waals surface area contributed by atoms with Gasteiger partial charge in [0.1, 0.15) is 0 Å². The van der Waals surface area contributed by atoms with Crippen LogP contribution in [0.4, 0.5) is 14.5 Å². The highest BCUT2D eigenvalue weighted by atomic mass is 19.2. The second-order valence-corrected chi connectivity index (χ2v) is 6.32. The van der Waals surface area contributed by atoms with Crippen molar-refractivity contribution in [2.24, 2.45) is 0 Å². The molecule has 0 aliphatic carbocycles. The predicted molar refractivity (Wildman–Crippen MR) is 96.5 cm³/mol. The lowest BCUT2D eigenvalue weighted by Crippen LogP contribution is -2.28. The van der Waals surface area contributed by atoms with Crippen LogP contribution in [0.1, 0.15) is 28.8 Å². The van der Waals surface area contributed by atoms with Gasteiger partial charge in [-0.15, -0.1) is 0 Å². The monoisotopic (exact) mass is 402 g/mol. The minimum absolute atomic E-state index is 0.0281. The molecule has 1 aliphatic rings. The molecule has 0 bridgehead atoms. The summed E-state index contributed by atoms with van der Waals surface area (Å²) in [4.78, 5) is 48.2. The van der Waals surface area contributed by atoms with E-state index in [0.717, 1.165) is 17.0 Å². The number of amides is 3. The Morgan fingerprint density at radius 3 is 2.24 bits per heavy atom. The third-order valence-corrected chi connectivity index (χ3v) is 4.22.